The first-order valence-electron chi connectivity index (χ1n) is 9.63. The number of carbonyl (C=O) groups is 1. The number of aliphatic hydroxyl groups is 1. The van der Waals surface area contributed by atoms with E-state index < -0.39 is 0 Å². The fourth-order valence-electron chi connectivity index (χ4n) is 3.70. The molecule has 0 amide bonds. The van der Waals surface area contributed by atoms with Gasteiger partial charge < -0.3 is 5.11 Å². The standard InChI is InChI=1S/C21H33N3O2/c1-14(2)16(13-17(15(3)25)21(4,5)6)11-12-20(26)24-22-18-9-7-8-10-19(18)23-24/h7-10,14-17,25H,11-13H2,1-6H3. The van der Waals surface area contributed by atoms with E-state index in [-0.39, 0.29) is 23.3 Å². The summed E-state index contributed by atoms with van der Waals surface area (Å²) < 4.78 is 0. The molecular formula is C21H33N3O2. The summed E-state index contributed by atoms with van der Waals surface area (Å²) in [5, 5.41) is 18.8. The summed E-state index contributed by atoms with van der Waals surface area (Å²) in [5.74, 6) is 0.963. The van der Waals surface area contributed by atoms with Crippen LogP contribution in [0.15, 0.2) is 24.3 Å². The van der Waals surface area contributed by atoms with Crippen LogP contribution >= 0.6 is 0 Å². The second kappa shape index (κ2) is 8.30. The molecule has 26 heavy (non-hydrogen) atoms. The van der Waals surface area contributed by atoms with Crippen LogP contribution in [0.25, 0.3) is 11.0 Å². The predicted octanol–water partition coefficient (Wildman–Crippen LogP) is 4.56. The molecule has 144 valence electrons. The van der Waals surface area contributed by atoms with Crippen LogP contribution in [0.2, 0.25) is 0 Å². The van der Waals surface area contributed by atoms with Crippen molar-refractivity contribution >= 4 is 16.9 Å². The topological polar surface area (TPSA) is 68.0 Å². The first-order chi connectivity index (χ1) is 12.1. The Morgan fingerprint density at radius 1 is 1.12 bits per heavy atom. The van der Waals surface area contributed by atoms with Gasteiger partial charge in [0.1, 0.15) is 11.0 Å². The van der Waals surface area contributed by atoms with Crippen molar-refractivity contribution in [3.8, 4) is 0 Å². The first kappa shape index (κ1) is 20.6. The third kappa shape index (κ3) is 5.13. The van der Waals surface area contributed by atoms with Crippen LogP contribution in [0.1, 0.15) is 65.6 Å². The molecule has 1 aromatic carbocycles. The van der Waals surface area contributed by atoms with Crippen LogP contribution < -0.4 is 0 Å². The van der Waals surface area contributed by atoms with Gasteiger partial charge >= 0.3 is 0 Å². The van der Waals surface area contributed by atoms with Gasteiger partial charge in [-0.1, -0.05) is 46.8 Å². The van der Waals surface area contributed by atoms with Crippen molar-refractivity contribution in [2.75, 3.05) is 0 Å². The zero-order valence-electron chi connectivity index (χ0n) is 16.9. The van der Waals surface area contributed by atoms with Gasteiger partial charge in [-0.2, -0.15) is 0 Å². The summed E-state index contributed by atoms with van der Waals surface area (Å²) in [6.07, 6.45) is 1.76. The van der Waals surface area contributed by atoms with Crippen LogP contribution in [0.5, 0.6) is 0 Å². The summed E-state index contributed by atoms with van der Waals surface area (Å²) in [4.78, 5) is 13.8. The van der Waals surface area contributed by atoms with Gasteiger partial charge in [0, 0.05) is 6.42 Å². The van der Waals surface area contributed by atoms with E-state index in [1.165, 1.54) is 4.80 Å². The summed E-state index contributed by atoms with van der Waals surface area (Å²) in [6.45, 7) is 12.8. The molecule has 2 rings (SSSR count). The fourth-order valence-corrected chi connectivity index (χ4v) is 3.70. The Bertz CT molecular complexity index is 695. The maximum atomic E-state index is 12.5. The highest BCUT2D eigenvalue weighted by Gasteiger charge is 2.32. The Hall–Kier alpha value is -1.75. The lowest BCUT2D eigenvalue weighted by atomic mass is 9.70. The second-order valence-electron chi connectivity index (χ2n) is 8.86. The van der Waals surface area contributed by atoms with Crippen LogP contribution in [0.4, 0.5) is 0 Å². The minimum atomic E-state index is -0.356. The highest BCUT2D eigenvalue weighted by atomic mass is 16.3. The van der Waals surface area contributed by atoms with Crippen molar-refractivity contribution in [2.45, 2.75) is 66.9 Å². The SMILES string of the molecule is CC(C)C(CCC(=O)n1nc2ccccc2n1)CC(C(C)O)C(C)(C)C. The van der Waals surface area contributed by atoms with Crippen molar-refractivity contribution in [1.29, 1.82) is 0 Å². The summed E-state index contributed by atoms with van der Waals surface area (Å²) in [6, 6.07) is 7.51. The lowest BCUT2D eigenvalue weighted by molar-refractivity contribution is 0.0321. The molecule has 0 bridgehead atoms. The number of carbonyl (C=O) groups excluding carboxylic acids is 1. The molecule has 1 aromatic heterocycles. The Balaban J connectivity index is 2.04. The van der Waals surface area contributed by atoms with E-state index in [1.54, 1.807) is 0 Å². The molecule has 5 nitrogen and oxygen atoms in total. The predicted molar refractivity (Wildman–Crippen MR) is 105 cm³/mol. The van der Waals surface area contributed by atoms with Gasteiger partial charge in [-0.25, -0.2) is 0 Å². The molecule has 0 aliphatic carbocycles. The van der Waals surface area contributed by atoms with Crippen molar-refractivity contribution in [2.24, 2.45) is 23.2 Å². The lowest BCUT2D eigenvalue weighted by Gasteiger charge is -2.37. The molecule has 0 radical (unpaired) electrons. The van der Waals surface area contributed by atoms with E-state index >= 15 is 0 Å². The molecule has 2 aromatic rings. The number of fused-ring (bicyclic) bond motifs is 1. The third-order valence-electron chi connectivity index (χ3n) is 5.43. The zero-order valence-corrected chi connectivity index (χ0v) is 16.9. The van der Waals surface area contributed by atoms with Crippen LogP contribution in [0, 0.1) is 23.2 Å². The van der Waals surface area contributed by atoms with E-state index in [0.717, 1.165) is 23.9 Å². The molecule has 3 unspecified atom stereocenters. The van der Waals surface area contributed by atoms with E-state index in [1.807, 2.05) is 31.2 Å². The van der Waals surface area contributed by atoms with Crippen LogP contribution in [-0.2, 0) is 0 Å². The average molecular weight is 360 g/mol. The van der Waals surface area contributed by atoms with Gasteiger partial charge in [0.15, 0.2) is 0 Å². The highest BCUT2D eigenvalue weighted by Crippen LogP contribution is 2.37. The Morgan fingerprint density at radius 2 is 1.65 bits per heavy atom. The molecule has 5 heteroatoms. The Kier molecular flexibility index (Phi) is 6.56. The normalized spacial score (nSPS) is 16.0. The molecule has 0 fully saturated rings. The number of benzene rings is 1. The third-order valence-corrected chi connectivity index (χ3v) is 5.43. The maximum absolute atomic E-state index is 12.5. The summed E-state index contributed by atoms with van der Waals surface area (Å²) >= 11 is 0. The largest absolute Gasteiger partial charge is 0.393 e. The van der Waals surface area contributed by atoms with E-state index in [4.69, 9.17) is 0 Å². The van der Waals surface area contributed by atoms with Crippen molar-refractivity contribution in [3.63, 3.8) is 0 Å². The van der Waals surface area contributed by atoms with Gasteiger partial charge in [0.05, 0.1) is 6.10 Å². The molecule has 0 saturated heterocycles. The van der Waals surface area contributed by atoms with Gasteiger partial charge in [0.25, 0.3) is 5.91 Å². The number of rotatable bonds is 7. The highest BCUT2D eigenvalue weighted by molar-refractivity contribution is 5.81. The molecule has 3 atom stereocenters. The van der Waals surface area contributed by atoms with Crippen LogP contribution in [0.3, 0.4) is 0 Å². The molecule has 0 saturated carbocycles. The van der Waals surface area contributed by atoms with Crippen molar-refractivity contribution in [3.05, 3.63) is 24.3 Å². The zero-order chi connectivity index (χ0) is 19.5. The van der Waals surface area contributed by atoms with Gasteiger partial charge in [-0.15, -0.1) is 15.0 Å². The molecule has 0 aliphatic heterocycles. The Morgan fingerprint density at radius 3 is 2.08 bits per heavy atom. The molecule has 0 spiro atoms. The van der Waals surface area contributed by atoms with Crippen molar-refractivity contribution < 1.29 is 9.90 Å². The maximum Gasteiger partial charge on any atom is 0.264 e. The molecular weight excluding hydrogens is 326 g/mol. The van der Waals surface area contributed by atoms with Crippen molar-refractivity contribution in [1.82, 2.24) is 15.0 Å². The minimum absolute atomic E-state index is 0.0343. The summed E-state index contributed by atoms with van der Waals surface area (Å²) in [5.41, 5.74) is 1.51. The number of nitrogens with zero attached hydrogens (tertiary/aromatic N) is 3. The van der Waals surface area contributed by atoms with E-state index in [9.17, 15) is 9.90 Å². The second-order valence-corrected chi connectivity index (χ2v) is 8.86. The van der Waals surface area contributed by atoms with E-state index in [0.29, 0.717) is 18.3 Å². The van der Waals surface area contributed by atoms with Gasteiger partial charge in [0.2, 0.25) is 0 Å². The Labute approximate surface area is 156 Å². The molecule has 1 heterocycles. The lowest BCUT2D eigenvalue weighted by Crippen LogP contribution is -2.33. The van der Waals surface area contributed by atoms with E-state index in [2.05, 4.69) is 44.8 Å². The quantitative estimate of drug-likeness (QED) is 0.787. The minimum Gasteiger partial charge on any atom is -0.393 e. The number of hydrogen-bond donors (Lipinski definition) is 1. The average Bonchev–Trinajstić information content (AvgIpc) is 2.96. The van der Waals surface area contributed by atoms with Crippen LogP contribution in [-0.4, -0.2) is 32.1 Å². The fraction of sp³-hybridized carbons (Fsp3) is 0.667. The molecule has 1 N–H and O–H groups in total. The molecule has 0 aliphatic rings. The number of aliphatic hydroxyl groups excluding tert-OH is 1. The monoisotopic (exact) mass is 359 g/mol. The number of aromatic nitrogens is 3. The van der Waals surface area contributed by atoms with Gasteiger partial charge in [-0.3, -0.25) is 4.79 Å². The number of hydrogen-bond acceptors (Lipinski definition) is 4. The summed E-state index contributed by atoms with van der Waals surface area (Å²) in [7, 11) is 0. The smallest absolute Gasteiger partial charge is 0.264 e. The first-order valence-corrected chi connectivity index (χ1v) is 9.63. The van der Waals surface area contributed by atoms with Gasteiger partial charge in [-0.05, 0) is 55.1 Å².